The first-order valence-electron chi connectivity index (χ1n) is 9.31. The number of carbonyl (C=O) groups excluding carboxylic acids is 2. The molecule has 0 aliphatic carbocycles. The van der Waals surface area contributed by atoms with Gasteiger partial charge in [0.05, 0.1) is 19.6 Å². The maximum absolute atomic E-state index is 12.3. The highest BCUT2D eigenvalue weighted by Gasteiger charge is 2.31. The number of anilines is 1. The third-order valence-corrected chi connectivity index (χ3v) is 5.15. The molecule has 5 nitrogen and oxygen atoms in total. The van der Waals surface area contributed by atoms with Crippen LogP contribution in [0.25, 0.3) is 0 Å². The number of amides is 1. The highest BCUT2D eigenvalue weighted by Crippen LogP contribution is 2.27. The Hall–Kier alpha value is -2.53. The van der Waals surface area contributed by atoms with Gasteiger partial charge in [0.15, 0.2) is 0 Å². The van der Waals surface area contributed by atoms with Gasteiger partial charge in [-0.2, -0.15) is 0 Å². The van der Waals surface area contributed by atoms with Crippen molar-refractivity contribution < 1.29 is 19.1 Å². The molecule has 2 atom stereocenters. The van der Waals surface area contributed by atoms with Crippen LogP contribution >= 0.6 is 11.6 Å². The largest absolute Gasteiger partial charge is 0.493 e. The van der Waals surface area contributed by atoms with Crippen LogP contribution in [0, 0.1) is 11.8 Å². The Kier molecular flexibility index (Phi) is 6.57. The van der Waals surface area contributed by atoms with Gasteiger partial charge in [0.1, 0.15) is 5.75 Å². The van der Waals surface area contributed by atoms with Crippen LogP contribution in [0.4, 0.5) is 5.69 Å². The highest BCUT2D eigenvalue weighted by molar-refractivity contribution is 6.30. The number of rotatable bonds is 7. The first kappa shape index (κ1) is 20.2. The van der Waals surface area contributed by atoms with E-state index in [1.54, 1.807) is 17.0 Å². The molecule has 0 radical (unpaired) electrons. The second kappa shape index (κ2) is 9.11. The average Bonchev–Trinajstić information content (AvgIpc) is 3.08. The van der Waals surface area contributed by atoms with E-state index in [0.29, 0.717) is 31.0 Å². The van der Waals surface area contributed by atoms with Crippen LogP contribution in [0.1, 0.15) is 18.9 Å². The molecule has 0 aromatic heterocycles. The molecule has 1 amide bonds. The smallest absolute Gasteiger partial charge is 0.308 e. The monoisotopic (exact) mass is 401 g/mol. The van der Waals surface area contributed by atoms with Crippen LogP contribution in [-0.4, -0.2) is 32.1 Å². The van der Waals surface area contributed by atoms with Gasteiger partial charge in [-0.05, 0) is 48.4 Å². The summed E-state index contributed by atoms with van der Waals surface area (Å²) in [5, 5.41) is 0.653. The molecule has 1 saturated heterocycles. The zero-order chi connectivity index (χ0) is 20.1. The molecule has 2 unspecified atom stereocenters. The fraction of sp³-hybridized carbons (Fsp3) is 0.364. The van der Waals surface area contributed by atoms with E-state index in [0.717, 1.165) is 17.0 Å². The summed E-state index contributed by atoms with van der Waals surface area (Å²) in [6.45, 7) is 2.96. The summed E-state index contributed by atoms with van der Waals surface area (Å²) in [6, 6.07) is 15.0. The lowest BCUT2D eigenvalue weighted by Crippen LogP contribution is -2.25. The van der Waals surface area contributed by atoms with Crippen molar-refractivity contribution >= 4 is 29.2 Å². The minimum absolute atomic E-state index is 0.100. The molecule has 0 saturated carbocycles. The summed E-state index contributed by atoms with van der Waals surface area (Å²) < 4.78 is 10.6. The Morgan fingerprint density at radius 1 is 1.18 bits per heavy atom. The zero-order valence-electron chi connectivity index (χ0n) is 16.1. The minimum atomic E-state index is -0.212. The van der Waals surface area contributed by atoms with Crippen molar-refractivity contribution in [2.75, 3.05) is 25.2 Å². The number of nitrogens with zero attached hydrogens (tertiary/aromatic N) is 1. The number of halogens is 1. The van der Waals surface area contributed by atoms with E-state index in [4.69, 9.17) is 21.1 Å². The molecule has 6 heteroatoms. The quantitative estimate of drug-likeness (QED) is 0.655. The summed E-state index contributed by atoms with van der Waals surface area (Å²) >= 11 is 5.92. The van der Waals surface area contributed by atoms with Gasteiger partial charge in [0.2, 0.25) is 5.91 Å². The topological polar surface area (TPSA) is 55.8 Å². The van der Waals surface area contributed by atoms with Gasteiger partial charge < -0.3 is 14.4 Å². The number of hydrogen-bond acceptors (Lipinski definition) is 4. The fourth-order valence-corrected chi connectivity index (χ4v) is 3.46. The van der Waals surface area contributed by atoms with Gasteiger partial charge in [-0.3, -0.25) is 9.59 Å². The summed E-state index contributed by atoms with van der Waals surface area (Å²) in [4.78, 5) is 25.6. The van der Waals surface area contributed by atoms with Crippen LogP contribution in [0.2, 0.25) is 5.02 Å². The van der Waals surface area contributed by atoms with E-state index in [1.165, 1.54) is 7.11 Å². The SMILES string of the molecule is COC(=O)C(C)Cc1ccc(OCC2CC(=O)N(c3ccc(Cl)cc3)C2)cc1. The standard InChI is InChI=1S/C22H24ClNO4/c1-15(22(26)27-2)11-16-3-9-20(10-4-16)28-14-17-12-21(25)24(13-17)19-7-5-18(23)6-8-19/h3-10,15,17H,11-14H2,1-2H3. The lowest BCUT2D eigenvalue weighted by molar-refractivity contribution is -0.144. The Morgan fingerprint density at radius 3 is 2.50 bits per heavy atom. The Morgan fingerprint density at radius 2 is 1.86 bits per heavy atom. The van der Waals surface area contributed by atoms with Crippen molar-refractivity contribution in [3.05, 3.63) is 59.1 Å². The Balaban J connectivity index is 1.51. The molecule has 0 N–H and O–H groups in total. The van der Waals surface area contributed by atoms with Gasteiger partial charge in [-0.25, -0.2) is 0 Å². The lowest BCUT2D eigenvalue weighted by atomic mass is 10.0. The summed E-state index contributed by atoms with van der Waals surface area (Å²) in [5.74, 6) is 0.605. The first-order chi connectivity index (χ1) is 13.5. The molecule has 1 aliphatic heterocycles. The third kappa shape index (κ3) is 5.04. The van der Waals surface area contributed by atoms with Gasteiger partial charge >= 0.3 is 5.97 Å². The molecule has 148 valence electrons. The number of hydrogen-bond donors (Lipinski definition) is 0. The number of carbonyl (C=O) groups is 2. The molecule has 1 aliphatic rings. The summed E-state index contributed by atoms with van der Waals surface area (Å²) in [6.07, 6.45) is 1.09. The van der Waals surface area contributed by atoms with Crippen molar-refractivity contribution in [1.29, 1.82) is 0 Å². The summed E-state index contributed by atoms with van der Waals surface area (Å²) in [7, 11) is 1.40. The Bertz CT molecular complexity index is 819. The van der Waals surface area contributed by atoms with Gasteiger partial charge in [0, 0.05) is 29.6 Å². The normalized spacial score (nSPS) is 17.5. The molecule has 1 heterocycles. The zero-order valence-corrected chi connectivity index (χ0v) is 16.8. The van der Waals surface area contributed by atoms with Crippen molar-refractivity contribution in [3.63, 3.8) is 0 Å². The van der Waals surface area contributed by atoms with E-state index in [2.05, 4.69) is 0 Å². The average molecular weight is 402 g/mol. The van der Waals surface area contributed by atoms with Crippen LogP contribution in [0.15, 0.2) is 48.5 Å². The third-order valence-electron chi connectivity index (χ3n) is 4.90. The predicted octanol–water partition coefficient (Wildman–Crippen LogP) is 4.12. The van der Waals surface area contributed by atoms with Crippen LogP contribution in [0.5, 0.6) is 5.75 Å². The van der Waals surface area contributed by atoms with Gasteiger partial charge in [-0.1, -0.05) is 30.7 Å². The summed E-state index contributed by atoms with van der Waals surface area (Å²) in [5.41, 5.74) is 1.91. The van der Waals surface area contributed by atoms with E-state index >= 15 is 0 Å². The maximum atomic E-state index is 12.3. The highest BCUT2D eigenvalue weighted by atomic mass is 35.5. The fourth-order valence-electron chi connectivity index (χ4n) is 3.34. The molecule has 2 aromatic carbocycles. The van der Waals surface area contributed by atoms with Gasteiger partial charge in [0.25, 0.3) is 0 Å². The van der Waals surface area contributed by atoms with E-state index in [-0.39, 0.29) is 23.7 Å². The number of benzene rings is 2. The van der Waals surface area contributed by atoms with Crippen molar-refractivity contribution in [3.8, 4) is 5.75 Å². The minimum Gasteiger partial charge on any atom is -0.493 e. The molecule has 1 fully saturated rings. The van der Waals surface area contributed by atoms with E-state index in [1.807, 2.05) is 43.3 Å². The van der Waals surface area contributed by atoms with Crippen molar-refractivity contribution in [1.82, 2.24) is 0 Å². The number of methoxy groups -OCH3 is 1. The molecule has 0 spiro atoms. The Labute approximate surface area is 170 Å². The lowest BCUT2D eigenvalue weighted by Gasteiger charge is -2.17. The predicted molar refractivity (Wildman–Crippen MR) is 109 cm³/mol. The molecular formula is C22H24ClNO4. The molecule has 28 heavy (non-hydrogen) atoms. The van der Waals surface area contributed by atoms with Crippen LogP contribution in [-0.2, 0) is 20.7 Å². The first-order valence-corrected chi connectivity index (χ1v) is 9.69. The molecule has 0 bridgehead atoms. The maximum Gasteiger partial charge on any atom is 0.308 e. The van der Waals surface area contributed by atoms with Gasteiger partial charge in [-0.15, -0.1) is 0 Å². The van der Waals surface area contributed by atoms with Crippen molar-refractivity contribution in [2.45, 2.75) is 19.8 Å². The van der Waals surface area contributed by atoms with E-state index in [9.17, 15) is 9.59 Å². The van der Waals surface area contributed by atoms with Crippen molar-refractivity contribution in [2.24, 2.45) is 11.8 Å². The molecular weight excluding hydrogens is 378 g/mol. The van der Waals surface area contributed by atoms with Crippen LogP contribution < -0.4 is 9.64 Å². The number of ether oxygens (including phenoxy) is 2. The second-order valence-electron chi connectivity index (χ2n) is 7.13. The van der Waals surface area contributed by atoms with E-state index < -0.39 is 0 Å². The van der Waals surface area contributed by atoms with Crippen LogP contribution in [0.3, 0.4) is 0 Å². The molecule has 2 aromatic rings. The number of esters is 1. The molecule has 3 rings (SSSR count). The second-order valence-corrected chi connectivity index (χ2v) is 7.57.